The summed E-state index contributed by atoms with van der Waals surface area (Å²) in [5, 5.41) is 0. The van der Waals surface area contributed by atoms with E-state index < -0.39 is 5.60 Å². The first kappa shape index (κ1) is 18.6. The zero-order valence-corrected chi connectivity index (χ0v) is 15.5. The molecule has 1 aromatic rings. The molecule has 0 spiro atoms. The molecule has 1 aliphatic heterocycles. The lowest BCUT2D eigenvalue weighted by molar-refractivity contribution is -0.123. The van der Waals surface area contributed by atoms with Gasteiger partial charge in [0.1, 0.15) is 22.9 Å². The fraction of sp³-hybridized carbons (Fsp3) is 0.476. The molecule has 5 heteroatoms. The van der Waals surface area contributed by atoms with Crippen molar-refractivity contribution >= 4 is 5.78 Å². The average Bonchev–Trinajstić information content (AvgIpc) is 3.05. The number of carbonyl (C=O) groups excluding carboxylic acids is 1. The van der Waals surface area contributed by atoms with E-state index >= 15 is 0 Å². The molecule has 2 aliphatic rings. The highest BCUT2D eigenvalue weighted by atomic mass is 19.1. The number of ketones is 1. The highest BCUT2D eigenvalue weighted by Crippen LogP contribution is 2.46. The van der Waals surface area contributed by atoms with Crippen LogP contribution in [0, 0.1) is 17.7 Å². The summed E-state index contributed by atoms with van der Waals surface area (Å²) in [5.74, 6) is 0.671. The molecule has 26 heavy (non-hydrogen) atoms. The molecule has 1 aliphatic carbocycles. The monoisotopic (exact) mass is 360 g/mol. The van der Waals surface area contributed by atoms with E-state index in [1.165, 1.54) is 13.2 Å². The number of carbonyl (C=O) groups is 1. The SMILES string of the molecule is CC=CC[C@H]1C[C@]2([C@@H](C)Cc3ccc(OC)cc3F)OCOC2=CC1=O. The van der Waals surface area contributed by atoms with E-state index in [4.69, 9.17) is 14.2 Å². The maximum Gasteiger partial charge on any atom is 0.189 e. The Hall–Kier alpha value is -2.14. The molecule has 140 valence electrons. The Balaban J connectivity index is 1.85. The van der Waals surface area contributed by atoms with Crippen LogP contribution in [0.15, 0.2) is 42.2 Å². The first-order valence-corrected chi connectivity index (χ1v) is 8.96. The summed E-state index contributed by atoms with van der Waals surface area (Å²) in [4.78, 5) is 12.4. The van der Waals surface area contributed by atoms with Crippen LogP contribution in [0.25, 0.3) is 0 Å². The second-order valence-electron chi connectivity index (χ2n) is 6.98. The van der Waals surface area contributed by atoms with Crippen molar-refractivity contribution in [3.8, 4) is 5.75 Å². The third kappa shape index (κ3) is 3.40. The van der Waals surface area contributed by atoms with E-state index in [9.17, 15) is 9.18 Å². The first-order chi connectivity index (χ1) is 12.5. The minimum atomic E-state index is -0.674. The molecule has 1 fully saturated rings. The molecule has 0 aromatic heterocycles. The quantitative estimate of drug-likeness (QED) is 0.714. The van der Waals surface area contributed by atoms with Gasteiger partial charge in [-0.1, -0.05) is 25.1 Å². The Morgan fingerprint density at radius 1 is 1.46 bits per heavy atom. The highest BCUT2D eigenvalue weighted by Gasteiger charge is 2.51. The van der Waals surface area contributed by atoms with Crippen molar-refractivity contribution in [1.29, 1.82) is 0 Å². The predicted octanol–water partition coefficient (Wildman–Crippen LogP) is 4.20. The number of methoxy groups -OCH3 is 1. The first-order valence-electron chi connectivity index (χ1n) is 8.96. The summed E-state index contributed by atoms with van der Waals surface area (Å²) < 4.78 is 31.0. The van der Waals surface area contributed by atoms with Gasteiger partial charge in [0.2, 0.25) is 0 Å². The molecule has 0 unspecified atom stereocenters. The van der Waals surface area contributed by atoms with Crippen molar-refractivity contribution in [2.45, 2.75) is 38.7 Å². The van der Waals surface area contributed by atoms with Crippen LogP contribution in [0.4, 0.5) is 4.39 Å². The van der Waals surface area contributed by atoms with Crippen molar-refractivity contribution < 1.29 is 23.4 Å². The molecule has 0 bridgehead atoms. The zero-order chi connectivity index (χ0) is 18.7. The third-order valence-corrected chi connectivity index (χ3v) is 5.41. The van der Waals surface area contributed by atoms with Gasteiger partial charge in [-0.25, -0.2) is 4.39 Å². The van der Waals surface area contributed by atoms with E-state index in [0.717, 1.165) is 0 Å². The zero-order valence-electron chi connectivity index (χ0n) is 15.5. The van der Waals surface area contributed by atoms with Gasteiger partial charge in [-0.05, 0) is 43.7 Å². The van der Waals surface area contributed by atoms with Crippen LogP contribution >= 0.6 is 0 Å². The summed E-state index contributed by atoms with van der Waals surface area (Å²) in [6.45, 7) is 4.09. The van der Waals surface area contributed by atoms with Crippen molar-refractivity contribution in [1.82, 2.24) is 0 Å². The number of rotatable bonds is 6. The van der Waals surface area contributed by atoms with Gasteiger partial charge in [0.15, 0.2) is 12.6 Å². The Morgan fingerprint density at radius 2 is 2.27 bits per heavy atom. The standard InChI is InChI=1S/C21H25FO4/c1-4-5-6-16-12-21(20(11-19(16)23)25-13-26-21)14(2)9-15-7-8-17(24-3)10-18(15)22/h4-5,7-8,10-11,14,16H,6,9,12-13H2,1-3H3/t14-,16-,21+/m0/s1. The molecule has 4 nitrogen and oxygen atoms in total. The van der Waals surface area contributed by atoms with Crippen LogP contribution < -0.4 is 4.74 Å². The second kappa shape index (κ2) is 7.62. The lowest BCUT2D eigenvalue weighted by Gasteiger charge is -2.38. The lowest BCUT2D eigenvalue weighted by atomic mass is 9.71. The topological polar surface area (TPSA) is 44.8 Å². The third-order valence-electron chi connectivity index (χ3n) is 5.41. The number of fused-ring (bicyclic) bond motifs is 1. The van der Waals surface area contributed by atoms with Crippen LogP contribution in [0.2, 0.25) is 0 Å². The summed E-state index contributed by atoms with van der Waals surface area (Å²) in [6.07, 6.45) is 7.24. The maximum atomic E-state index is 14.4. The van der Waals surface area contributed by atoms with E-state index in [1.807, 2.05) is 26.0 Å². The van der Waals surface area contributed by atoms with Crippen LogP contribution in [-0.2, 0) is 20.7 Å². The molecular formula is C21H25FO4. The molecule has 1 aromatic carbocycles. The van der Waals surface area contributed by atoms with Crippen LogP contribution in [0.3, 0.4) is 0 Å². The highest BCUT2D eigenvalue weighted by molar-refractivity contribution is 5.93. The maximum absolute atomic E-state index is 14.4. The van der Waals surface area contributed by atoms with Gasteiger partial charge in [0, 0.05) is 18.1 Å². The summed E-state index contributed by atoms with van der Waals surface area (Å²) in [6, 6.07) is 4.89. The minimum Gasteiger partial charge on any atom is -0.497 e. The predicted molar refractivity (Wildman–Crippen MR) is 96.2 cm³/mol. The number of hydrogen-bond acceptors (Lipinski definition) is 4. The minimum absolute atomic E-state index is 0.0413. The molecule has 0 saturated carbocycles. The number of benzene rings is 1. The smallest absolute Gasteiger partial charge is 0.189 e. The van der Waals surface area contributed by atoms with Gasteiger partial charge in [-0.15, -0.1) is 0 Å². The van der Waals surface area contributed by atoms with Crippen LogP contribution in [0.1, 0.15) is 32.3 Å². The van der Waals surface area contributed by atoms with Crippen LogP contribution in [-0.4, -0.2) is 25.3 Å². The van der Waals surface area contributed by atoms with Gasteiger partial charge in [-0.3, -0.25) is 4.79 Å². The van der Waals surface area contributed by atoms with Crippen LogP contribution in [0.5, 0.6) is 5.75 Å². The number of halogens is 1. The lowest BCUT2D eigenvalue weighted by Crippen LogP contribution is -2.45. The average molecular weight is 360 g/mol. The van der Waals surface area contributed by atoms with E-state index in [1.54, 1.807) is 18.2 Å². The van der Waals surface area contributed by atoms with E-state index in [-0.39, 0.29) is 30.2 Å². The molecule has 3 atom stereocenters. The number of allylic oxidation sites excluding steroid dienone is 3. The van der Waals surface area contributed by atoms with Crippen molar-refractivity contribution in [3.63, 3.8) is 0 Å². The molecule has 0 radical (unpaired) electrons. The van der Waals surface area contributed by atoms with Crippen molar-refractivity contribution in [3.05, 3.63) is 53.6 Å². The van der Waals surface area contributed by atoms with E-state index in [2.05, 4.69) is 0 Å². The summed E-state index contributed by atoms with van der Waals surface area (Å²) in [7, 11) is 1.51. The van der Waals surface area contributed by atoms with Gasteiger partial charge in [0.05, 0.1) is 7.11 Å². The molecule has 0 N–H and O–H groups in total. The van der Waals surface area contributed by atoms with Gasteiger partial charge in [0.25, 0.3) is 0 Å². The molecule has 1 saturated heterocycles. The van der Waals surface area contributed by atoms with Gasteiger partial charge in [-0.2, -0.15) is 0 Å². The Kier molecular flexibility index (Phi) is 5.47. The Labute approximate surface area is 153 Å². The molecule has 3 rings (SSSR count). The Morgan fingerprint density at radius 3 is 2.96 bits per heavy atom. The van der Waals surface area contributed by atoms with Crippen molar-refractivity contribution in [2.75, 3.05) is 13.9 Å². The Bertz CT molecular complexity index is 740. The van der Waals surface area contributed by atoms with Gasteiger partial charge >= 0.3 is 0 Å². The molecular weight excluding hydrogens is 335 g/mol. The summed E-state index contributed by atoms with van der Waals surface area (Å²) >= 11 is 0. The number of ether oxygens (including phenoxy) is 3. The second-order valence-corrected chi connectivity index (χ2v) is 6.98. The van der Waals surface area contributed by atoms with E-state index in [0.29, 0.717) is 36.3 Å². The fourth-order valence-electron chi connectivity index (χ4n) is 3.83. The van der Waals surface area contributed by atoms with Gasteiger partial charge < -0.3 is 14.2 Å². The molecule has 1 heterocycles. The normalized spacial score (nSPS) is 26.4. The summed E-state index contributed by atoms with van der Waals surface area (Å²) in [5.41, 5.74) is -0.0728. The number of hydrogen-bond donors (Lipinski definition) is 0. The van der Waals surface area contributed by atoms with Crippen molar-refractivity contribution in [2.24, 2.45) is 11.8 Å². The molecule has 0 amide bonds. The fourth-order valence-corrected chi connectivity index (χ4v) is 3.83. The largest absolute Gasteiger partial charge is 0.497 e.